The fraction of sp³-hybridized carbons (Fsp3) is 0. The monoisotopic (exact) mass is 227 g/mol. The van der Waals surface area contributed by atoms with E-state index in [4.69, 9.17) is 4.74 Å². The molecule has 0 atom stereocenters. The van der Waals surface area contributed by atoms with E-state index >= 15 is 0 Å². The van der Waals surface area contributed by atoms with E-state index < -0.39 is 5.97 Å². The molecule has 0 aliphatic heterocycles. The first-order chi connectivity index (χ1) is 8.29. The third-order valence-electron chi connectivity index (χ3n) is 2.12. The Hall–Kier alpha value is -2.49. The molecular weight excluding hydrogens is 218 g/mol. The smallest absolute Gasteiger partial charge is 0.343 e. The van der Waals surface area contributed by atoms with E-state index in [0.717, 1.165) is 0 Å². The Morgan fingerprint density at radius 2 is 1.94 bits per heavy atom. The molecule has 0 unspecified atom stereocenters. The normalized spacial score (nSPS) is 9.65. The van der Waals surface area contributed by atoms with Gasteiger partial charge in [0.15, 0.2) is 0 Å². The summed E-state index contributed by atoms with van der Waals surface area (Å²) in [4.78, 5) is 26.0. The molecule has 0 bridgehead atoms. The molecule has 0 saturated carbocycles. The van der Waals surface area contributed by atoms with E-state index in [1.165, 1.54) is 18.5 Å². The van der Waals surface area contributed by atoms with E-state index in [1.807, 2.05) is 0 Å². The summed E-state index contributed by atoms with van der Waals surface area (Å²) in [6.45, 7) is 0. The van der Waals surface area contributed by atoms with Gasteiger partial charge in [-0.05, 0) is 24.3 Å². The number of aromatic nitrogens is 1. The Morgan fingerprint density at radius 1 is 1.18 bits per heavy atom. The molecule has 0 aliphatic carbocycles. The van der Waals surface area contributed by atoms with Crippen LogP contribution in [0.25, 0.3) is 0 Å². The molecule has 17 heavy (non-hydrogen) atoms. The fourth-order valence-corrected chi connectivity index (χ4v) is 1.31. The van der Waals surface area contributed by atoms with Gasteiger partial charge >= 0.3 is 5.97 Å². The first-order valence-electron chi connectivity index (χ1n) is 4.97. The molecule has 1 aromatic carbocycles. The van der Waals surface area contributed by atoms with E-state index in [9.17, 15) is 9.59 Å². The maximum Gasteiger partial charge on any atom is 0.343 e. The molecule has 0 N–H and O–H groups in total. The van der Waals surface area contributed by atoms with Crippen LogP contribution in [0.5, 0.6) is 5.75 Å². The van der Waals surface area contributed by atoms with E-state index in [0.29, 0.717) is 23.2 Å². The summed E-state index contributed by atoms with van der Waals surface area (Å²) in [5.74, 6) is -0.133. The molecule has 1 heterocycles. The minimum Gasteiger partial charge on any atom is -0.423 e. The topological polar surface area (TPSA) is 56.3 Å². The zero-order chi connectivity index (χ0) is 12.1. The van der Waals surface area contributed by atoms with Crippen LogP contribution in [-0.2, 0) is 0 Å². The predicted molar refractivity (Wildman–Crippen MR) is 61.0 cm³/mol. The van der Waals surface area contributed by atoms with Crippen LogP contribution in [-0.4, -0.2) is 17.2 Å². The summed E-state index contributed by atoms with van der Waals surface area (Å²) < 4.78 is 5.12. The van der Waals surface area contributed by atoms with Crippen LogP contribution in [0.15, 0.2) is 48.8 Å². The van der Waals surface area contributed by atoms with Gasteiger partial charge in [-0.2, -0.15) is 0 Å². The lowest BCUT2D eigenvalue weighted by atomic mass is 10.2. The Kier molecular flexibility index (Phi) is 3.25. The summed E-state index contributed by atoms with van der Waals surface area (Å²) in [6.07, 6.45) is 3.72. The van der Waals surface area contributed by atoms with Gasteiger partial charge in [-0.25, -0.2) is 4.79 Å². The van der Waals surface area contributed by atoms with Gasteiger partial charge in [0.05, 0.1) is 5.56 Å². The molecule has 0 amide bonds. The number of aldehydes is 1. The van der Waals surface area contributed by atoms with Gasteiger partial charge in [-0.3, -0.25) is 9.78 Å². The lowest BCUT2D eigenvalue weighted by Crippen LogP contribution is -2.08. The number of rotatable bonds is 3. The Morgan fingerprint density at radius 3 is 2.65 bits per heavy atom. The highest BCUT2D eigenvalue weighted by Crippen LogP contribution is 2.13. The molecule has 84 valence electrons. The first-order valence-corrected chi connectivity index (χ1v) is 4.97. The minimum atomic E-state index is -0.476. The van der Waals surface area contributed by atoms with Crippen LogP contribution < -0.4 is 4.74 Å². The molecule has 0 fully saturated rings. The van der Waals surface area contributed by atoms with Crippen molar-refractivity contribution in [2.45, 2.75) is 0 Å². The lowest BCUT2D eigenvalue weighted by Gasteiger charge is -2.04. The standard InChI is InChI=1S/C13H9NO3/c15-9-10-2-1-3-12(8-10)17-13(16)11-4-6-14-7-5-11/h1-9H. The summed E-state index contributed by atoms with van der Waals surface area (Å²) in [7, 11) is 0. The summed E-state index contributed by atoms with van der Waals surface area (Å²) in [5, 5.41) is 0. The molecule has 1 aromatic heterocycles. The molecule has 4 heteroatoms. The second-order valence-electron chi connectivity index (χ2n) is 3.32. The number of carbonyl (C=O) groups is 2. The SMILES string of the molecule is O=Cc1cccc(OC(=O)c2ccncc2)c1. The van der Waals surface area contributed by atoms with Crippen molar-refractivity contribution in [3.05, 3.63) is 59.9 Å². The highest BCUT2D eigenvalue weighted by Gasteiger charge is 2.07. The van der Waals surface area contributed by atoms with Gasteiger partial charge in [0, 0.05) is 18.0 Å². The van der Waals surface area contributed by atoms with Crippen molar-refractivity contribution in [1.82, 2.24) is 4.98 Å². The van der Waals surface area contributed by atoms with Gasteiger partial charge in [-0.1, -0.05) is 12.1 Å². The Balaban J connectivity index is 2.16. The van der Waals surface area contributed by atoms with Crippen molar-refractivity contribution in [3.63, 3.8) is 0 Å². The molecule has 2 rings (SSSR count). The molecule has 0 spiro atoms. The number of ether oxygens (including phenoxy) is 1. The average molecular weight is 227 g/mol. The van der Waals surface area contributed by atoms with Gasteiger partial charge < -0.3 is 4.74 Å². The minimum absolute atomic E-state index is 0.344. The maximum absolute atomic E-state index is 11.7. The second-order valence-corrected chi connectivity index (χ2v) is 3.32. The van der Waals surface area contributed by atoms with Gasteiger partial charge in [-0.15, -0.1) is 0 Å². The summed E-state index contributed by atoms with van der Waals surface area (Å²) >= 11 is 0. The predicted octanol–water partition coefficient (Wildman–Crippen LogP) is 2.11. The number of carbonyl (C=O) groups excluding carboxylic acids is 2. The molecule has 0 radical (unpaired) electrons. The average Bonchev–Trinajstić information content (AvgIpc) is 2.40. The van der Waals surface area contributed by atoms with Crippen molar-refractivity contribution in [1.29, 1.82) is 0 Å². The fourth-order valence-electron chi connectivity index (χ4n) is 1.31. The Bertz CT molecular complexity index is 537. The van der Waals surface area contributed by atoms with Gasteiger partial charge in [0.2, 0.25) is 0 Å². The Labute approximate surface area is 97.9 Å². The summed E-state index contributed by atoms with van der Waals surface area (Å²) in [6, 6.07) is 9.53. The maximum atomic E-state index is 11.7. The van der Waals surface area contributed by atoms with Crippen molar-refractivity contribution in [2.24, 2.45) is 0 Å². The zero-order valence-electron chi connectivity index (χ0n) is 8.87. The van der Waals surface area contributed by atoms with E-state index in [2.05, 4.69) is 4.98 Å². The summed E-state index contributed by atoms with van der Waals surface area (Å²) in [5.41, 5.74) is 0.876. The largest absolute Gasteiger partial charge is 0.423 e. The first kappa shape index (κ1) is 11.0. The molecule has 4 nitrogen and oxygen atoms in total. The quantitative estimate of drug-likeness (QED) is 0.458. The zero-order valence-corrected chi connectivity index (χ0v) is 8.87. The molecule has 0 saturated heterocycles. The highest BCUT2D eigenvalue weighted by molar-refractivity contribution is 5.91. The van der Waals surface area contributed by atoms with Crippen LogP contribution in [0.2, 0.25) is 0 Å². The number of pyridine rings is 1. The van der Waals surface area contributed by atoms with E-state index in [1.54, 1.807) is 30.3 Å². The number of esters is 1. The van der Waals surface area contributed by atoms with Gasteiger partial charge in [0.1, 0.15) is 12.0 Å². The van der Waals surface area contributed by atoms with Crippen molar-refractivity contribution < 1.29 is 14.3 Å². The van der Waals surface area contributed by atoms with Crippen LogP contribution in [0.3, 0.4) is 0 Å². The van der Waals surface area contributed by atoms with Crippen LogP contribution in [0.1, 0.15) is 20.7 Å². The number of hydrogen-bond donors (Lipinski definition) is 0. The van der Waals surface area contributed by atoms with E-state index in [-0.39, 0.29) is 0 Å². The highest BCUT2D eigenvalue weighted by atomic mass is 16.5. The molecule has 0 aliphatic rings. The second kappa shape index (κ2) is 5.03. The molecule has 2 aromatic rings. The number of hydrogen-bond acceptors (Lipinski definition) is 4. The van der Waals surface area contributed by atoms with Crippen LogP contribution in [0, 0.1) is 0 Å². The van der Waals surface area contributed by atoms with Crippen LogP contribution in [0.4, 0.5) is 0 Å². The van der Waals surface area contributed by atoms with Crippen molar-refractivity contribution >= 4 is 12.3 Å². The third-order valence-corrected chi connectivity index (χ3v) is 2.12. The number of benzene rings is 1. The number of nitrogens with zero attached hydrogens (tertiary/aromatic N) is 1. The van der Waals surface area contributed by atoms with Gasteiger partial charge in [0.25, 0.3) is 0 Å². The third kappa shape index (κ3) is 2.75. The van der Waals surface area contributed by atoms with Crippen LogP contribution >= 0.6 is 0 Å². The van der Waals surface area contributed by atoms with Crippen molar-refractivity contribution in [2.75, 3.05) is 0 Å². The molecular formula is C13H9NO3. The lowest BCUT2D eigenvalue weighted by molar-refractivity contribution is 0.0734. The van der Waals surface area contributed by atoms with Crippen molar-refractivity contribution in [3.8, 4) is 5.75 Å².